The van der Waals surface area contributed by atoms with Gasteiger partial charge in [0.15, 0.2) is 0 Å². The van der Waals surface area contributed by atoms with E-state index in [0.717, 1.165) is 54.6 Å². The molecule has 2 saturated heterocycles. The van der Waals surface area contributed by atoms with Crippen molar-refractivity contribution in [2.45, 2.75) is 90.9 Å². The molecule has 1 aromatic heterocycles. The number of carbonyl (C=O) groups excluding carboxylic acids is 1. The highest BCUT2D eigenvalue weighted by Crippen LogP contribution is 2.43. The quantitative estimate of drug-likeness (QED) is 0.234. The van der Waals surface area contributed by atoms with E-state index in [2.05, 4.69) is 69.1 Å². The van der Waals surface area contributed by atoms with Crippen LogP contribution < -0.4 is 10.2 Å². The van der Waals surface area contributed by atoms with Crippen molar-refractivity contribution in [1.29, 1.82) is 0 Å². The molecular formula is C37H45BN4O7. The number of imidazole rings is 1. The second-order valence-electron chi connectivity index (χ2n) is 14.8. The second kappa shape index (κ2) is 12.0. The summed E-state index contributed by atoms with van der Waals surface area (Å²) in [5.41, 5.74) is 4.96. The molecule has 3 aromatic carbocycles. The number of likely N-dealkylation sites (N-methyl/N-ethyl adjacent to an activating group) is 1. The Morgan fingerprint density at radius 3 is 2.51 bits per heavy atom. The molecule has 2 N–H and O–H groups in total. The molecule has 2 amide bonds. The molecule has 258 valence electrons. The van der Waals surface area contributed by atoms with Gasteiger partial charge in [0, 0.05) is 37.6 Å². The normalized spacial score (nSPS) is 21.6. The molecule has 2 fully saturated rings. The summed E-state index contributed by atoms with van der Waals surface area (Å²) < 4.78 is 24.9. The van der Waals surface area contributed by atoms with Gasteiger partial charge in [-0.05, 0) is 80.7 Å². The highest BCUT2D eigenvalue weighted by molar-refractivity contribution is 6.62. The van der Waals surface area contributed by atoms with Gasteiger partial charge in [-0.15, -0.1) is 0 Å². The summed E-state index contributed by atoms with van der Waals surface area (Å²) >= 11 is 0. The number of nitrogens with one attached hydrogen (secondary N) is 1. The Morgan fingerprint density at radius 1 is 1.10 bits per heavy atom. The van der Waals surface area contributed by atoms with Crippen LogP contribution in [0, 0.1) is 5.92 Å². The monoisotopic (exact) mass is 668 g/mol. The first-order chi connectivity index (χ1) is 23.2. The minimum Gasteiger partial charge on any atom is -0.488 e. The van der Waals surface area contributed by atoms with E-state index in [4.69, 9.17) is 23.8 Å². The summed E-state index contributed by atoms with van der Waals surface area (Å²) in [5, 5.41) is 11.7. The first-order valence-electron chi connectivity index (χ1n) is 17.1. The molecule has 7 rings (SSSR count). The molecule has 0 unspecified atom stereocenters. The van der Waals surface area contributed by atoms with E-state index in [0.29, 0.717) is 32.0 Å². The van der Waals surface area contributed by atoms with Gasteiger partial charge in [0.1, 0.15) is 24.2 Å². The van der Waals surface area contributed by atoms with Crippen molar-refractivity contribution < 1.29 is 33.5 Å². The summed E-state index contributed by atoms with van der Waals surface area (Å²) in [4.78, 5) is 37.3. The minimum atomic E-state index is -1.14. The highest BCUT2D eigenvalue weighted by atomic mass is 16.7. The van der Waals surface area contributed by atoms with Crippen molar-refractivity contribution in [3.8, 4) is 16.9 Å². The maximum atomic E-state index is 14.0. The lowest BCUT2D eigenvalue weighted by Gasteiger charge is -2.33. The second-order valence-corrected chi connectivity index (χ2v) is 14.8. The fourth-order valence-corrected chi connectivity index (χ4v) is 7.45. The van der Waals surface area contributed by atoms with Crippen molar-refractivity contribution in [3.63, 3.8) is 0 Å². The number of fused-ring (bicyclic) bond motifs is 6. The lowest BCUT2D eigenvalue weighted by atomic mass is 9.77. The zero-order valence-corrected chi connectivity index (χ0v) is 29.5. The Morgan fingerprint density at radius 2 is 1.84 bits per heavy atom. The van der Waals surface area contributed by atoms with Gasteiger partial charge in [-0.25, -0.2) is 9.78 Å². The number of aromatic nitrogens is 2. The molecule has 3 atom stereocenters. The molecule has 0 radical (unpaired) electrons. The molecule has 0 saturated carbocycles. The first-order valence-corrected chi connectivity index (χ1v) is 17.1. The fraction of sp³-hybridized carbons (Fsp3) is 0.486. The molecule has 3 aliphatic heterocycles. The van der Waals surface area contributed by atoms with Crippen molar-refractivity contribution in [3.05, 3.63) is 53.9 Å². The molecule has 49 heavy (non-hydrogen) atoms. The van der Waals surface area contributed by atoms with Crippen LogP contribution in [0.2, 0.25) is 0 Å². The molecular weight excluding hydrogens is 623 g/mol. The van der Waals surface area contributed by atoms with E-state index in [1.165, 1.54) is 7.05 Å². The maximum Gasteiger partial charge on any atom is 0.494 e. The number of ether oxygens (including phenoxy) is 2. The predicted octanol–water partition coefficient (Wildman–Crippen LogP) is 5.89. The van der Waals surface area contributed by atoms with Gasteiger partial charge in [0.2, 0.25) is 5.91 Å². The number of hydrogen-bond acceptors (Lipinski definition) is 7. The predicted molar refractivity (Wildman–Crippen MR) is 188 cm³/mol. The summed E-state index contributed by atoms with van der Waals surface area (Å²) in [5.74, 6) is 0.968. The summed E-state index contributed by atoms with van der Waals surface area (Å²) in [6.07, 6.45) is -0.766. The SMILES string of the molecule is CCO[C@H]1C[C@@H](c2nc3c(ccc4cc5c(cc43)OCc3cc(B4OC(C)(C)C(C)(C)O4)ccc3-5)[nH]2)N(C(=O)[C@H](C(C)C)N(C)C(=O)O)C1. The average Bonchev–Trinajstić information content (AvgIpc) is 3.73. The Labute approximate surface area is 287 Å². The summed E-state index contributed by atoms with van der Waals surface area (Å²) in [6.45, 7) is 15.2. The van der Waals surface area contributed by atoms with E-state index >= 15 is 0 Å². The average molecular weight is 669 g/mol. The van der Waals surface area contributed by atoms with E-state index in [-0.39, 0.29) is 17.9 Å². The van der Waals surface area contributed by atoms with Crippen LogP contribution in [0.25, 0.3) is 32.9 Å². The maximum absolute atomic E-state index is 14.0. The van der Waals surface area contributed by atoms with E-state index < -0.39 is 36.5 Å². The van der Waals surface area contributed by atoms with Crippen molar-refractivity contribution >= 4 is 46.4 Å². The lowest BCUT2D eigenvalue weighted by Crippen LogP contribution is -2.51. The number of H-pyrrole nitrogens is 1. The van der Waals surface area contributed by atoms with Crippen LogP contribution >= 0.6 is 0 Å². The summed E-state index contributed by atoms with van der Waals surface area (Å²) in [7, 11) is 1.00. The number of nitrogens with zero attached hydrogens (tertiary/aromatic N) is 3. The van der Waals surface area contributed by atoms with Crippen molar-refractivity contribution in [2.75, 3.05) is 20.2 Å². The molecule has 4 heterocycles. The standard InChI is InChI=1S/C37H45BN4O7/c1-9-46-24-16-29(42(18-24)34(43)32(20(2)3)41(8)35(44)45)33-39-28-13-10-21-15-27-25-12-11-23(38-48-36(4,5)37(6,7)49-38)14-22(25)19-47-30(27)17-26(21)31(28)40-33/h10-15,17,20,24,29,32H,9,16,18-19H2,1-8H3,(H,39,40)(H,44,45)/t24-,29-,32-/m0/s1. The molecule has 11 nitrogen and oxygen atoms in total. The van der Waals surface area contributed by atoms with Crippen molar-refractivity contribution in [1.82, 2.24) is 19.8 Å². The third-order valence-corrected chi connectivity index (χ3v) is 10.8. The van der Waals surface area contributed by atoms with Crippen LogP contribution in [0.1, 0.15) is 72.3 Å². The summed E-state index contributed by atoms with van der Waals surface area (Å²) in [6, 6.07) is 13.4. The molecule has 0 bridgehead atoms. The highest BCUT2D eigenvalue weighted by Gasteiger charge is 2.52. The largest absolute Gasteiger partial charge is 0.494 e. The number of benzene rings is 3. The zero-order chi connectivity index (χ0) is 35.0. The van der Waals surface area contributed by atoms with Crippen LogP contribution in [-0.2, 0) is 25.4 Å². The Hall–Kier alpha value is -4.13. The van der Waals surface area contributed by atoms with E-state index in [1.807, 2.05) is 26.8 Å². The molecule has 3 aliphatic rings. The zero-order valence-electron chi connectivity index (χ0n) is 29.5. The van der Waals surface area contributed by atoms with E-state index in [1.54, 1.807) is 4.90 Å². The molecule has 4 aromatic rings. The number of aromatic amines is 1. The van der Waals surface area contributed by atoms with Gasteiger partial charge in [-0.1, -0.05) is 38.1 Å². The Kier molecular flexibility index (Phi) is 8.20. The molecule has 0 spiro atoms. The van der Waals surface area contributed by atoms with Crippen LogP contribution in [0.5, 0.6) is 5.75 Å². The number of likely N-dealkylation sites (tertiary alicyclic amines) is 1. The van der Waals surface area contributed by atoms with Crippen LogP contribution in [-0.4, -0.2) is 87.5 Å². The Balaban J connectivity index is 1.22. The van der Waals surface area contributed by atoms with Gasteiger partial charge in [0.05, 0.1) is 34.4 Å². The molecule has 0 aliphatic carbocycles. The first kappa shape index (κ1) is 33.4. The number of hydrogen-bond donors (Lipinski definition) is 2. The lowest BCUT2D eigenvalue weighted by molar-refractivity contribution is -0.139. The smallest absolute Gasteiger partial charge is 0.488 e. The van der Waals surface area contributed by atoms with Crippen LogP contribution in [0.4, 0.5) is 4.79 Å². The van der Waals surface area contributed by atoms with Gasteiger partial charge >= 0.3 is 13.2 Å². The van der Waals surface area contributed by atoms with Gasteiger partial charge in [-0.3, -0.25) is 9.69 Å². The minimum absolute atomic E-state index is 0.183. The molecule has 12 heteroatoms. The van der Waals surface area contributed by atoms with Crippen LogP contribution in [0.15, 0.2) is 42.5 Å². The number of carbonyl (C=O) groups is 2. The number of carboxylic acid groups (broad SMARTS) is 1. The van der Waals surface area contributed by atoms with Gasteiger partial charge < -0.3 is 33.8 Å². The van der Waals surface area contributed by atoms with Crippen molar-refractivity contribution in [2.24, 2.45) is 5.92 Å². The van der Waals surface area contributed by atoms with Crippen LogP contribution in [0.3, 0.4) is 0 Å². The van der Waals surface area contributed by atoms with Gasteiger partial charge in [-0.2, -0.15) is 0 Å². The number of amides is 2. The van der Waals surface area contributed by atoms with E-state index in [9.17, 15) is 14.7 Å². The topological polar surface area (TPSA) is 126 Å². The Bertz CT molecular complexity index is 1940. The third kappa shape index (κ3) is 5.63. The third-order valence-electron chi connectivity index (χ3n) is 10.8. The van der Waals surface area contributed by atoms with Gasteiger partial charge in [0.25, 0.3) is 0 Å². The fourth-order valence-electron chi connectivity index (χ4n) is 7.45. The number of rotatable bonds is 7.